The highest BCUT2D eigenvalue weighted by Crippen LogP contribution is 2.14. The fourth-order valence-electron chi connectivity index (χ4n) is 1.72. The quantitative estimate of drug-likeness (QED) is 0.771. The smallest absolute Gasteiger partial charge is 0.180 e. The Morgan fingerprint density at radius 1 is 1.11 bits per heavy atom. The number of carbonyl (C=O) groups excluding carboxylic acids is 1. The van der Waals surface area contributed by atoms with Crippen LogP contribution in [0.1, 0.15) is 36.7 Å². The van der Waals surface area contributed by atoms with Crippen LogP contribution in [0.2, 0.25) is 0 Å². The van der Waals surface area contributed by atoms with E-state index in [0.29, 0.717) is 5.56 Å². The van der Waals surface area contributed by atoms with Crippen molar-refractivity contribution in [2.45, 2.75) is 32.9 Å². The molecular formula is C14H20O3S. The van der Waals surface area contributed by atoms with Gasteiger partial charge in [0.1, 0.15) is 5.25 Å². The third-order valence-corrected chi connectivity index (χ3v) is 5.23. The predicted molar refractivity (Wildman–Crippen MR) is 73.6 cm³/mol. The lowest BCUT2D eigenvalue weighted by atomic mass is 10.1. The molecule has 100 valence electrons. The van der Waals surface area contributed by atoms with Crippen LogP contribution >= 0.6 is 0 Å². The van der Waals surface area contributed by atoms with Gasteiger partial charge in [0, 0.05) is 5.56 Å². The zero-order valence-corrected chi connectivity index (χ0v) is 12.1. The van der Waals surface area contributed by atoms with E-state index >= 15 is 0 Å². The van der Waals surface area contributed by atoms with Crippen LogP contribution in [0.15, 0.2) is 24.3 Å². The average Bonchev–Trinajstić information content (AvgIpc) is 2.26. The third kappa shape index (κ3) is 3.67. The van der Waals surface area contributed by atoms with Crippen LogP contribution in [0.5, 0.6) is 0 Å². The summed E-state index contributed by atoms with van der Waals surface area (Å²) in [7, 11) is -3.37. The van der Waals surface area contributed by atoms with Crippen LogP contribution in [-0.4, -0.2) is 25.2 Å². The molecule has 0 bridgehead atoms. The second-order valence-corrected chi connectivity index (χ2v) is 7.46. The summed E-state index contributed by atoms with van der Waals surface area (Å²) >= 11 is 0. The van der Waals surface area contributed by atoms with E-state index in [4.69, 9.17) is 0 Å². The summed E-state index contributed by atoms with van der Waals surface area (Å²) in [5.74, 6) is -0.245. The van der Waals surface area contributed by atoms with E-state index in [1.54, 1.807) is 12.1 Å². The van der Waals surface area contributed by atoms with Crippen LogP contribution in [-0.2, 0) is 9.84 Å². The zero-order valence-electron chi connectivity index (χ0n) is 11.3. The van der Waals surface area contributed by atoms with Gasteiger partial charge in [-0.05, 0) is 19.8 Å². The van der Waals surface area contributed by atoms with Crippen molar-refractivity contribution in [2.24, 2.45) is 5.92 Å². The SMILES string of the molecule is Cc1ccc(C(=O)C(C)S(=O)(=O)CC(C)C)cc1. The minimum atomic E-state index is -3.37. The molecule has 18 heavy (non-hydrogen) atoms. The molecule has 0 spiro atoms. The van der Waals surface area contributed by atoms with Crippen molar-refractivity contribution in [3.05, 3.63) is 35.4 Å². The van der Waals surface area contributed by atoms with Crippen molar-refractivity contribution < 1.29 is 13.2 Å². The summed E-state index contributed by atoms with van der Waals surface area (Å²) in [6.45, 7) is 7.06. The van der Waals surface area contributed by atoms with Gasteiger partial charge in [-0.1, -0.05) is 43.7 Å². The van der Waals surface area contributed by atoms with Gasteiger partial charge in [-0.3, -0.25) is 4.79 Å². The second kappa shape index (κ2) is 5.65. The molecular weight excluding hydrogens is 248 g/mol. The molecule has 0 aliphatic heterocycles. The molecule has 0 radical (unpaired) electrons. The zero-order chi connectivity index (χ0) is 13.9. The van der Waals surface area contributed by atoms with Crippen molar-refractivity contribution in [2.75, 3.05) is 5.75 Å². The monoisotopic (exact) mass is 268 g/mol. The number of hydrogen-bond acceptors (Lipinski definition) is 3. The van der Waals surface area contributed by atoms with Gasteiger partial charge in [0.25, 0.3) is 0 Å². The Hall–Kier alpha value is -1.16. The predicted octanol–water partition coefficient (Wildman–Crippen LogP) is 2.64. The van der Waals surface area contributed by atoms with E-state index in [1.165, 1.54) is 6.92 Å². The third-order valence-electron chi connectivity index (χ3n) is 2.81. The van der Waals surface area contributed by atoms with Crippen molar-refractivity contribution in [3.63, 3.8) is 0 Å². The molecule has 4 heteroatoms. The number of benzene rings is 1. The summed E-state index contributed by atoms with van der Waals surface area (Å²) in [5.41, 5.74) is 1.50. The molecule has 0 saturated carbocycles. The lowest BCUT2D eigenvalue weighted by Gasteiger charge is -2.13. The van der Waals surface area contributed by atoms with E-state index in [9.17, 15) is 13.2 Å². The van der Waals surface area contributed by atoms with Crippen LogP contribution < -0.4 is 0 Å². The molecule has 1 unspecified atom stereocenters. The van der Waals surface area contributed by atoms with Crippen molar-refractivity contribution in [1.82, 2.24) is 0 Å². The standard InChI is InChI=1S/C14H20O3S/c1-10(2)9-18(16,17)12(4)14(15)13-7-5-11(3)6-8-13/h5-8,10,12H,9H2,1-4H3. The molecule has 0 N–H and O–H groups in total. The minimum absolute atomic E-state index is 0.0308. The fraction of sp³-hybridized carbons (Fsp3) is 0.500. The molecule has 1 atom stereocenters. The second-order valence-electron chi connectivity index (χ2n) is 5.10. The first kappa shape index (κ1) is 14.9. The van der Waals surface area contributed by atoms with Gasteiger partial charge in [0.15, 0.2) is 15.6 Å². The lowest BCUT2D eigenvalue weighted by molar-refractivity contribution is 0.0991. The highest BCUT2D eigenvalue weighted by atomic mass is 32.2. The molecule has 0 saturated heterocycles. The molecule has 0 fully saturated rings. The number of hydrogen-bond donors (Lipinski definition) is 0. The van der Waals surface area contributed by atoms with Crippen LogP contribution in [0.3, 0.4) is 0 Å². The molecule has 1 rings (SSSR count). The van der Waals surface area contributed by atoms with Gasteiger partial charge in [-0.2, -0.15) is 0 Å². The molecule has 0 heterocycles. The van der Waals surface area contributed by atoms with Gasteiger partial charge in [-0.25, -0.2) is 8.42 Å². The molecule has 0 amide bonds. The van der Waals surface area contributed by atoms with E-state index < -0.39 is 15.1 Å². The maximum absolute atomic E-state index is 12.1. The highest BCUT2D eigenvalue weighted by Gasteiger charge is 2.29. The number of Topliss-reactive ketones (excluding diaryl/α,β-unsaturated/α-hetero) is 1. The Morgan fingerprint density at radius 3 is 2.06 bits per heavy atom. The highest BCUT2D eigenvalue weighted by molar-refractivity contribution is 7.92. The maximum Gasteiger partial charge on any atom is 0.180 e. The Kier molecular flexibility index (Phi) is 4.68. The van der Waals surface area contributed by atoms with E-state index in [1.807, 2.05) is 32.9 Å². The van der Waals surface area contributed by atoms with Crippen LogP contribution in [0, 0.1) is 12.8 Å². The van der Waals surface area contributed by atoms with E-state index in [0.717, 1.165) is 5.56 Å². The summed E-state index contributed by atoms with van der Waals surface area (Å²) < 4.78 is 24.0. The summed E-state index contributed by atoms with van der Waals surface area (Å²) in [5, 5.41) is -0.970. The maximum atomic E-state index is 12.1. The first-order chi connectivity index (χ1) is 8.24. The van der Waals surface area contributed by atoms with Crippen LogP contribution in [0.25, 0.3) is 0 Å². The Morgan fingerprint density at radius 2 is 1.61 bits per heavy atom. The Balaban J connectivity index is 2.94. The van der Waals surface area contributed by atoms with Crippen molar-refractivity contribution in [1.29, 1.82) is 0 Å². The van der Waals surface area contributed by atoms with E-state index in [2.05, 4.69) is 0 Å². The van der Waals surface area contributed by atoms with Gasteiger partial charge < -0.3 is 0 Å². The average molecular weight is 268 g/mol. The largest absolute Gasteiger partial charge is 0.293 e. The number of rotatable bonds is 5. The van der Waals surface area contributed by atoms with Gasteiger partial charge in [0.05, 0.1) is 5.75 Å². The topological polar surface area (TPSA) is 51.2 Å². The number of sulfone groups is 1. The van der Waals surface area contributed by atoms with Crippen molar-refractivity contribution >= 4 is 15.6 Å². The fourth-order valence-corrected chi connectivity index (χ4v) is 3.40. The molecule has 1 aromatic carbocycles. The summed E-state index contributed by atoms with van der Waals surface area (Å²) in [6, 6.07) is 6.99. The van der Waals surface area contributed by atoms with Gasteiger partial charge in [-0.15, -0.1) is 0 Å². The Bertz CT molecular complexity index is 512. The van der Waals surface area contributed by atoms with Crippen LogP contribution in [0.4, 0.5) is 0 Å². The van der Waals surface area contributed by atoms with E-state index in [-0.39, 0.29) is 17.5 Å². The van der Waals surface area contributed by atoms with Gasteiger partial charge >= 0.3 is 0 Å². The van der Waals surface area contributed by atoms with Crippen molar-refractivity contribution in [3.8, 4) is 0 Å². The van der Waals surface area contributed by atoms with Gasteiger partial charge in [0.2, 0.25) is 0 Å². The normalized spacial score (nSPS) is 13.6. The molecule has 0 aliphatic rings. The first-order valence-corrected chi connectivity index (χ1v) is 7.78. The molecule has 1 aromatic rings. The molecule has 0 aromatic heterocycles. The lowest BCUT2D eigenvalue weighted by Crippen LogP contribution is -2.31. The number of ketones is 1. The number of aryl methyl sites for hydroxylation is 1. The first-order valence-electron chi connectivity index (χ1n) is 6.06. The summed E-state index contributed by atoms with van der Waals surface area (Å²) in [4.78, 5) is 12.1. The summed E-state index contributed by atoms with van der Waals surface area (Å²) in [6.07, 6.45) is 0. The molecule has 3 nitrogen and oxygen atoms in total. The Labute approximate surface area is 109 Å². The number of carbonyl (C=O) groups is 1. The molecule has 0 aliphatic carbocycles. The minimum Gasteiger partial charge on any atom is -0.293 e.